The van der Waals surface area contributed by atoms with Gasteiger partial charge in [-0.3, -0.25) is 9.89 Å². The number of H-pyrrole nitrogens is 1. The molecule has 0 radical (unpaired) electrons. The fraction of sp³-hybridized carbons (Fsp3) is 0.278. The van der Waals surface area contributed by atoms with Gasteiger partial charge in [0.1, 0.15) is 11.6 Å². The van der Waals surface area contributed by atoms with E-state index in [0.29, 0.717) is 24.1 Å². The van der Waals surface area contributed by atoms with Gasteiger partial charge in [0.15, 0.2) is 11.6 Å². The minimum Gasteiger partial charge on any atom is -0.426 e. The smallest absolute Gasteiger partial charge is 0.290 e. The summed E-state index contributed by atoms with van der Waals surface area (Å²) in [5.41, 5.74) is 0. The lowest BCUT2D eigenvalue weighted by atomic mass is 10.2. The summed E-state index contributed by atoms with van der Waals surface area (Å²) >= 11 is 0. The first-order valence-corrected chi connectivity index (χ1v) is 8.23. The largest absolute Gasteiger partial charge is 0.426 e. The summed E-state index contributed by atoms with van der Waals surface area (Å²) in [7, 11) is 0. The highest BCUT2D eigenvalue weighted by Crippen LogP contribution is 2.32. The van der Waals surface area contributed by atoms with Gasteiger partial charge in [0, 0.05) is 12.6 Å². The number of hydrogen-bond donors (Lipinski definition) is 1. The molecule has 1 fully saturated rings. The third-order valence-corrected chi connectivity index (χ3v) is 4.18. The second-order valence-corrected chi connectivity index (χ2v) is 5.97. The number of amides is 1. The van der Waals surface area contributed by atoms with Crippen molar-refractivity contribution >= 4 is 5.91 Å². The molecule has 1 saturated heterocycles. The molecule has 0 bridgehead atoms. The van der Waals surface area contributed by atoms with E-state index >= 15 is 0 Å². The van der Waals surface area contributed by atoms with Crippen LogP contribution in [0, 0.1) is 6.92 Å². The van der Waals surface area contributed by atoms with Gasteiger partial charge in [0.2, 0.25) is 0 Å². The Kier molecular flexibility index (Phi) is 3.97. The SMILES string of the molecule is Cc1nc([C@H]2CCCN2C(=O)c2ccc(Oc3ccccc3)o2)n[nH]1. The van der Waals surface area contributed by atoms with Crippen LogP contribution in [-0.4, -0.2) is 32.5 Å². The monoisotopic (exact) mass is 338 g/mol. The highest BCUT2D eigenvalue weighted by atomic mass is 16.6. The van der Waals surface area contributed by atoms with Gasteiger partial charge in [-0.15, -0.1) is 0 Å². The second-order valence-electron chi connectivity index (χ2n) is 5.97. The van der Waals surface area contributed by atoms with Crippen LogP contribution in [0.25, 0.3) is 0 Å². The van der Waals surface area contributed by atoms with Gasteiger partial charge in [-0.2, -0.15) is 5.10 Å². The molecular weight excluding hydrogens is 320 g/mol. The quantitative estimate of drug-likeness (QED) is 0.787. The summed E-state index contributed by atoms with van der Waals surface area (Å²) in [4.78, 5) is 18.9. The fourth-order valence-electron chi connectivity index (χ4n) is 3.02. The number of nitrogens with zero attached hydrogens (tertiary/aromatic N) is 3. The van der Waals surface area contributed by atoms with E-state index in [9.17, 15) is 4.79 Å². The molecule has 3 aromatic rings. The molecule has 7 heteroatoms. The van der Waals surface area contributed by atoms with Crippen LogP contribution in [0.5, 0.6) is 11.7 Å². The third-order valence-electron chi connectivity index (χ3n) is 4.18. The molecule has 128 valence electrons. The average molecular weight is 338 g/mol. The van der Waals surface area contributed by atoms with Gasteiger partial charge in [0.05, 0.1) is 6.04 Å². The van der Waals surface area contributed by atoms with Crippen molar-refractivity contribution in [3.8, 4) is 11.7 Å². The Bertz CT molecular complexity index is 871. The Hall–Kier alpha value is -3.09. The van der Waals surface area contributed by atoms with E-state index in [-0.39, 0.29) is 17.7 Å². The fourth-order valence-corrected chi connectivity index (χ4v) is 3.02. The Morgan fingerprint density at radius 3 is 2.88 bits per heavy atom. The normalized spacial score (nSPS) is 17.0. The number of hydrogen-bond acceptors (Lipinski definition) is 5. The van der Waals surface area contributed by atoms with E-state index in [0.717, 1.165) is 18.7 Å². The number of aromatic amines is 1. The summed E-state index contributed by atoms with van der Waals surface area (Å²) < 4.78 is 11.2. The maximum absolute atomic E-state index is 12.8. The molecule has 0 saturated carbocycles. The van der Waals surface area contributed by atoms with Crippen molar-refractivity contribution in [1.82, 2.24) is 20.1 Å². The Labute approximate surface area is 144 Å². The third kappa shape index (κ3) is 3.13. The number of para-hydroxylation sites is 1. The minimum absolute atomic E-state index is 0.124. The van der Waals surface area contributed by atoms with Crippen LogP contribution in [0.2, 0.25) is 0 Å². The standard InChI is InChI=1S/C18H18N4O3/c1-12-19-17(21-20-12)14-8-5-11-22(14)18(23)15-9-10-16(25-15)24-13-6-3-2-4-7-13/h2-4,6-7,9-10,14H,5,8,11H2,1H3,(H,19,20,21)/t14-/m1/s1. The van der Waals surface area contributed by atoms with Crippen molar-refractivity contribution in [1.29, 1.82) is 0 Å². The van der Waals surface area contributed by atoms with Crippen molar-refractivity contribution in [2.75, 3.05) is 6.54 Å². The van der Waals surface area contributed by atoms with Crippen LogP contribution >= 0.6 is 0 Å². The number of carbonyl (C=O) groups excluding carboxylic acids is 1. The van der Waals surface area contributed by atoms with Gasteiger partial charge < -0.3 is 14.1 Å². The van der Waals surface area contributed by atoms with E-state index in [1.165, 1.54) is 0 Å². The van der Waals surface area contributed by atoms with Crippen LogP contribution in [0.3, 0.4) is 0 Å². The molecule has 0 spiro atoms. The number of aryl methyl sites for hydroxylation is 1. The van der Waals surface area contributed by atoms with Crippen LogP contribution in [0.1, 0.15) is 41.1 Å². The van der Waals surface area contributed by atoms with Gasteiger partial charge in [-0.1, -0.05) is 18.2 Å². The molecule has 1 amide bonds. The topological polar surface area (TPSA) is 84.2 Å². The Morgan fingerprint density at radius 1 is 1.28 bits per heavy atom. The zero-order valence-corrected chi connectivity index (χ0v) is 13.8. The highest BCUT2D eigenvalue weighted by Gasteiger charge is 2.34. The first-order chi connectivity index (χ1) is 12.2. The van der Waals surface area contributed by atoms with Crippen molar-refractivity contribution in [2.45, 2.75) is 25.8 Å². The molecule has 1 atom stereocenters. The van der Waals surface area contributed by atoms with Crippen LogP contribution in [-0.2, 0) is 0 Å². The number of likely N-dealkylation sites (tertiary alicyclic amines) is 1. The van der Waals surface area contributed by atoms with E-state index < -0.39 is 0 Å². The highest BCUT2D eigenvalue weighted by molar-refractivity contribution is 5.92. The Morgan fingerprint density at radius 2 is 2.12 bits per heavy atom. The molecule has 1 N–H and O–H groups in total. The van der Waals surface area contributed by atoms with Crippen LogP contribution in [0.15, 0.2) is 46.9 Å². The Balaban J connectivity index is 1.51. The van der Waals surface area contributed by atoms with E-state index in [1.54, 1.807) is 17.0 Å². The number of carbonyl (C=O) groups is 1. The maximum Gasteiger partial charge on any atom is 0.290 e. The first kappa shape index (κ1) is 15.4. The molecule has 0 aliphatic carbocycles. The number of furan rings is 1. The van der Waals surface area contributed by atoms with Crippen molar-refractivity contribution in [2.24, 2.45) is 0 Å². The molecule has 1 aromatic carbocycles. The molecule has 2 aromatic heterocycles. The summed E-state index contributed by atoms with van der Waals surface area (Å²) in [5, 5.41) is 7.03. The first-order valence-electron chi connectivity index (χ1n) is 8.23. The molecule has 0 unspecified atom stereocenters. The van der Waals surface area contributed by atoms with Crippen LogP contribution < -0.4 is 4.74 Å². The lowest BCUT2D eigenvalue weighted by Gasteiger charge is -2.21. The van der Waals surface area contributed by atoms with Crippen LogP contribution in [0.4, 0.5) is 0 Å². The van der Waals surface area contributed by atoms with E-state index in [1.807, 2.05) is 37.3 Å². The maximum atomic E-state index is 12.8. The van der Waals surface area contributed by atoms with Crippen molar-refractivity contribution in [3.63, 3.8) is 0 Å². The van der Waals surface area contributed by atoms with Gasteiger partial charge >= 0.3 is 0 Å². The number of ether oxygens (including phenoxy) is 1. The summed E-state index contributed by atoms with van der Waals surface area (Å²) in [6.07, 6.45) is 1.76. The number of rotatable bonds is 4. The molecule has 3 heterocycles. The van der Waals surface area contributed by atoms with E-state index in [2.05, 4.69) is 15.2 Å². The molecule has 25 heavy (non-hydrogen) atoms. The van der Waals surface area contributed by atoms with Crippen molar-refractivity contribution in [3.05, 3.63) is 59.9 Å². The summed E-state index contributed by atoms with van der Waals surface area (Å²) in [6, 6.07) is 12.5. The zero-order chi connectivity index (χ0) is 17.2. The summed E-state index contributed by atoms with van der Waals surface area (Å²) in [5.74, 6) is 2.42. The molecule has 1 aliphatic rings. The van der Waals surface area contributed by atoms with Crippen molar-refractivity contribution < 1.29 is 13.9 Å². The number of benzene rings is 1. The average Bonchev–Trinajstić information content (AvgIpc) is 3.35. The minimum atomic E-state index is -0.173. The lowest BCUT2D eigenvalue weighted by Crippen LogP contribution is -2.30. The van der Waals surface area contributed by atoms with Gasteiger partial charge in [-0.05, 0) is 38.0 Å². The summed E-state index contributed by atoms with van der Waals surface area (Å²) in [6.45, 7) is 2.50. The lowest BCUT2D eigenvalue weighted by molar-refractivity contribution is 0.0692. The molecule has 4 rings (SSSR count). The molecule has 1 aliphatic heterocycles. The zero-order valence-electron chi connectivity index (χ0n) is 13.8. The van der Waals surface area contributed by atoms with Gasteiger partial charge in [-0.25, -0.2) is 4.98 Å². The predicted molar refractivity (Wildman–Crippen MR) is 89.4 cm³/mol. The predicted octanol–water partition coefficient (Wildman–Crippen LogP) is 3.48. The number of nitrogens with one attached hydrogen (secondary N) is 1. The van der Waals surface area contributed by atoms with E-state index in [4.69, 9.17) is 9.15 Å². The second kappa shape index (κ2) is 6.43. The van der Waals surface area contributed by atoms with Gasteiger partial charge in [0.25, 0.3) is 11.9 Å². The molecule has 7 nitrogen and oxygen atoms in total. The number of aromatic nitrogens is 3. The molecular formula is C18H18N4O3.